The molecule has 4 nitrogen and oxygen atoms in total. The first-order valence-corrected chi connectivity index (χ1v) is 23.5. The van der Waals surface area contributed by atoms with Crippen LogP contribution in [0.15, 0.2) is 72.9 Å². The summed E-state index contributed by atoms with van der Waals surface area (Å²) in [4.78, 5) is 12.2. The minimum absolute atomic E-state index is 0.177. The van der Waals surface area contributed by atoms with Gasteiger partial charge in [-0.05, 0) is 83.5 Å². The summed E-state index contributed by atoms with van der Waals surface area (Å²) < 4.78 is 11.2. The van der Waals surface area contributed by atoms with E-state index in [0.29, 0.717) is 19.6 Å². The van der Waals surface area contributed by atoms with Crippen molar-refractivity contribution in [1.29, 1.82) is 0 Å². The van der Waals surface area contributed by atoms with Crippen molar-refractivity contribution in [2.24, 2.45) is 0 Å². The molecule has 318 valence electrons. The molecule has 0 aliphatic heterocycles. The number of carbonyl (C=O) groups excluding carboxylic acids is 1. The highest BCUT2D eigenvalue weighted by Gasteiger charge is 2.13. The van der Waals surface area contributed by atoms with Crippen molar-refractivity contribution in [3.05, 3.63) is 72.9 Å². The van der Waals surface area contributed by atoms with Crippen LogP contribution in [0, 0.1) is 0 Å². The molecule has 0 amide bonds. The topological polar surface area (TPSA) is 55.8 Å². The molecule has 55 heavy (non-hydrogen) atoms. The number of hydrogen-bond acceptors (Lipinski definition) is 4. The molecule has 0 aromatic heterocycles. The average Bonchev–Trinajstić information content (AvgIpc) is 3.19. The first-order valence-electron chi connectivity index (χ1n) is 23.5. The Balaban J connectivity index is 3.44. The first-order chi connectivity index (χ1) is 27.2. The second-order valence-corrected chi connectivity index (χ2v) is 15.4. The Morgan fingerprint density at radius 2 is 0.818 bits per heavy atom. The fraction of sp³-hybridized carbons (Fsp3) is 0.745. The Bertz CT molecular complexity index is 942. The summed E-state index contributed by atoms with van der Waals surface area (Å²) in [6.45, 7) is 5.21. The van der Waals surface area contributed by atoms with Gasteiger partial charge in [0.15, 0.2) is 0 Å². The molecule has 0 aromatic rings. The summed E-state index contributed by atoms with van der Waals surface area (Å²) in [6.07, 6.45) is 65.4. The lowest BCUT2D eigenvalue weighted by Gasteiger charge is -2.16. The number of carbonyl (C=O) groups is 1. The minimum atomic E-state index is -0.542. The number of aliphatic hydroxyl groups is 1. The van der Waals surface area contributed by atoms with Gasteiger partial charge in [-0.3, -0.25) is 4.79 Å². The highest BCUT2D eigenvalue weighted by atomic mass is 16.6. The lowest BCUT2D eigenvalue weighted by atomic mass is 10.1. The summed E-state index contributed by atoms with van der Waals surface area (Å²) in [5.74, 6) is -0.207. The van der Waals surface area contributed by atoms with E-state index in [0.717, 1.165) is 51.4 Å². The van der Waals surface area contributed by atoms with E-state index in [9.17, 15) is 9.90 Å². The third kappa shape index (κ3) is 46.1. The normalized spacial score (nSPS) is 13.0. The van der Waals surface area contributed by atoms with Gasteiger partial charge in [0.05, 0.1) is 13.2 Å². The van der Waals surface area contributed by atoms with Gasteiger partial charge in [-0.1, -0.05) is 202 Å². The molecule has 0 heterocycles. The van der Waals surface area contributed by atoms with Gasteiger partial charge in [0.2, 0.25) is 0 Å². The molecule has 0 aromatic carbocycles. The second kappa shape index (κ2) is 48.0. The zero-order chi connectivity index (χ0) is 39.8. The molecule has 0 bridgehead atoms. The number of rotatable bonds is 43. The Morgan fingerprint density at radius 3 is 1.24 bits per heavy atom. The Morgan fingerprint density at radius 1 is 0.455 bits per heavy atom. The van der Waals surface area contributed by atoms with Crippen molar-refractivity contribution in [3.8, 4) is 0 Å². The van der Waals surface area contributed by atoms with Crippen LogP contribution >= 0.6 is 0 Å². The minimum Gasteiger partial charge on any atom is -0.457 e. The molecule has 0 rings (SSSR count). The summed E-state index contributed by atoms with van der Waals surface area (Å²) in [6, 6.07) is 0. The van der Waals surface area contributed by atoms with Crippen molar-refractivity contribution >= 4 is 5.97 Å². The molecule has 0 saturated carbocycles. The fourth-order valence-electron chi connectivity index (χ4n) is 6.53. The number of unbranched alkanes of at least 4 members (excludes halogenated alkanes) is 23. The van der Waals surface area contributed by atoms with Crippen LogP contribution in [0.25, 0.3) is 0 Å². The van der Waals surface area contributed by atoms with E-state index in [4.69, 9.17) is 9.47 Å². The lowest BCUT2D eigenvalue weighted by Crippen LogP contribution is -2.27. The molecule has 0 spiro atoms. The van der Waals surface area contributed by atoms with E-state index in [-0.39, 0.29) is 12.6 Å². The molecule has 4 heteroatoms. The first kappa shape index (κ1) is 52.8. The van der Waals surface area contributed by atoms with Crippen LogP contribution in [0.3, 0.4) is 0 Å². The number of esters is 1. The largest absolute Gasteiger partial charge is 0.457 e. The van der Waals surface area contributed by atoms with Gasteiger partial charge in [0.1, 0.15) is 6.10 Å². The van der Waals surface area contributed by atoms with Gasteiger partial charge in [-0.15, -0.1) is 0 Å². The Labute approximate surface area is 342 Å². The van der Waals surface area contributed by atoms with Crippen LogP contribution in [0.1, 0.15) is 219 Å². The summed E-state index contributed by atoms with van der Waals surface area (Å²) in [5, 5.41) is 9.63. The van der Waals surface area contributed by atoms with E-state index < -0.39 is 6.10 Å². The van der Waals surface area contributed by atoms with Crippen molar-refractivity contribution < 1.29 is 19.4 Å². The summed E-state index contributed by atoms with van der Waals surface area (Å²) in [5.41, 5.74) is 0. The quantitative estimate of drug-likeness (QED) is 0.0381. The van der Waals surface area contributed by atoms with Crippen molar-refractivity contribution in [2.45, 2.75) is 225 Å². The van der Waals surface area contributed by atoms with Gasteiger partial charge < -0.3 is 14.6 Å². The highest BCUT2D eigenvalue weighted by molar-refractivity contribution is 5.69. The molecule has 0 aliphatic carbocycles. The Hall–Kier alpha value is -2.17. The SMILES string of the molecule is CC/C=C\C/C=C\C/C=C\C/C=C\CCCCCCCCCCCCCOCC(CO)OC(=O)CCCCCCCCCCC/C=C\C/C=C\CCCCC. The standard InChI is InChI=1S/C51H90O4/c1-3-5-7-9-11-13-15-17-19-21-23-24-25-26-27-29-31-33-35-37-39-41-43-45-47-54-49-50(48-52)55-51(53)46-44-42-40-38-36-34-32-30-28-22-20-18-16-14-12-10-8-6-4-2/h5,7,11-14,17-20,23-24,50,52H,3-4,6,8-10,15-16,21-22,25-49H2,1-2H3/b7-5-,13-11-,14-12-,19-17-,20-18-,24-23-. The molecule has 0 radical (unpaired) electrons. The second-order valence-electron chi connectivity index (χ2n) is 15.4. The molecule has 1 N–H and O–H groups in total. The molecule has 0 fully saturated rings. The zero-order valence-electron chi connectivity index (χ0n) is 36.4. The van der Waals surface area contributed by atoms with Crippen LogP contribution in [0.4, 0.5) is 0 Å². The molecular formula is C51H90O4. The van der Waals surface area contributed by atoms with Crippen molar-refractivity contribution in [3.63, 3.8) is 0 Å². The van der Waals surface area contributed by atoms with Gasteiger partial charge in [-0.25, -0.2) is 0 Å². The van der Waals surface area contributed by atoms with Gasteiger partial charge in [0, 0.05) is 13.0 Å². The maximum Gasteiger partial charge on any atom is 0.306 e. The van der Waals surface area contributed by atoms with Crippen LogP contribution in [0.2, 0.25) is 0 Å². The van der Waals surface area contributed by atoms with E-state index >= 15 is 0 Å². The highest BCUT2D eigenvalue weighted by Crippen LogP contribution is 2.14. The summed E-state index contributed by atoms with van der Waals surface area (Å²) in [7, 11) is 0. The molecule has 1 atom stereocenters. The zero-order valence-corrected chi connectivity index (χ0v) is 36.4. The predicted molar refractivity (Wildman–Crippen MR) is 242 cm³/mol. The lowest BCUT2D eigenvalue weighted by molar-refractivity contribution is -0.154. The summed E-state index contributed by atoms with van der Waals surface area (Å²) >= 11 is 0. The number of aliphatic hydroxyl groups excluding tert-OH is 1. The number of hydrogen-bond donors (Lipinski definition) is 1. The van der Waals surface area contributed by atoms with E-state index in [1.807, 2.05) is 0 Å². The van der Waals surface area contributed by atoms with Gasteiger partial charge in [0.25, 0.3) is 0 Å². The van der Waals surface area contributed by atoms with Gasteiger partial charge in [-0.2, -0.15) is 0 Å². The average molecular weight is 767 g/mol. The smallest absolute Gasteiger partial charge is 0.306 e. The van der Waals surface area contributed by atoms with Crippen molar-refractivity contribution in [2.75, 3.05) is 19.8 Å². The fourth-order valence-corrected chi connectivity index (χ4v) is 6.53. The number of allylic oxidation sites excluding steroid dienone is 12. The predicted octanol–water partition coefficient (Wildman–Crippen LogP) is 15.8. The third-order valence-corrected chi connectivity index (χ3v) is 10.0. The van der Waals surface area contributed by atoms with E-state index in [2.05, 4.69) is 86.8 Å². The molecule has 0 aliphatic rings. The Kier molecular flexibility index (Phi) is 46.1. The third-order valence-electron chi connectivity index (χ3n) is 10.0. The maximum absolute atomic E-state index is 12.2. The van der Waals surface area contributed by atoms with Crippen LogP contribution in [-0.2, 0) is 14.3 Å². The number of ether oxygens (including phenoxy) is 2. The molecule has 1 unspecified atom stereocenters. The van der Waals surface area contributed by atoms with Crippen LogP contribution < -0.4 is 0 Å². The van der Waals surface area contributed by atoms with Crippen LogP contribution in [0.5, 0.6) is 0 Å². The van der Waals surface area contributed by atoms with Gasteiger partial charge >= 0.3 is 5.97 Å². The monoisotopic (exact) mass is 767 g/mol. The molecular weight excluding hydrogens is 677 g/mol. The van der Waals surface area contributed by atoms with Crippen LogP contribution in [-0.4, -0.2) is 37.0 Å². The van der Waals surface area contributed by atoms with Crippen molar-refractivity contribution in [1.82, 2.24) is 0 Å². The van der Waals surface area contributed by atoms with E-state index in [1.165, 1.54) is 148 Å². The maximum atomic E-state index is 12.2. The molecule has 0 saturated heterocycles. The van der Waals surface area contributed by atoms with E-state index in [1.54, 1.807) is 0 Å².